The Morgan fingerprint density at radius 3 is 2.00 bits per heavy atom. The van der Waals surface area contributed by atoms with E-state index in [1.54, 1.807) is 0 Å². The number of hydrogen-bond acceptors (Lipinski definition) is 5. The van der Waals surface area contributed by atoms with Crippen LogP contribution in [0.1, 0.15) is 0 Å². The Labute approximate surface area is 132 Å². The van der Waals surface area contributed by atoms with E-state index in [-0.39, 0.29) is 26.2 Å². The molecule has 2 rings (SSSR count). The summed E-state index contributed by atoms with van der Waals surface area (Å²) in [6.07, 6.45) is 0. The van der Waals surface area contributed by atoms with Crippen LogP contribution in [0, 0.1) is 0 Å². The van der Waals surface area contributed by atoms with E-state index in [2.05, 4.69) is 4.72 Å². The van der Waals surface area contributed by atoms with Crippen LogP contribution in [-0.2, 0) is 20.1 Å². The molecule has 2 aromatic carbocycles. The molecule has 4 N–H and O–H groups in total. The highest BCUT2D eigenvalue weighted by atomic mass is 35.5. The highest BCUT2D eigenvalue weighted by Gasteiger charge is 2.16. The Balaban J connectivity index is 2.30. The molecule has 10 heteroatoms. The second-order valence-corrected chi connectivity index (χ2v) is 7.80. The molecule has 0 amide bonds. The maximum Gasteiger partial charge on any atom is 0.294 e. The van der Waals surface area contributed by atoms with Gasteiger partial charge in [0, 0.05) is 5.69 Å². The number of nitrogens with two attached hydrogens (primary N) is 1. The van der Waals surface area contributed by atoms with Crippen molar-refractivity contribution in [3.63, 3.8) is 0 Å². The van der Waals surface area contributed by atoms with E-state index < -0.39 is 20.1 Å². The maximum absolute atomic E-state index is 12.2. The van der Waals surface area contributed by atoms with Gasteiger partial charge in [-0.3, -0.25) is 9.27 Å². The molecule has 0 unspecified atom stereocenters. The average molecular weight is 363 g/mol. The smallest absolute Gasteiger partial charge is 0.294 e. The van der Waals surface area contributed by atoms with E-state index in [4.69, 9.17) is 21.9 Å². The standard InChI is InChI=1S/C12H11ClN2O5S2/c13-11-7-10(5-6-12(11)14)21(16,17)15-8-1-3-9(4-2-8)22(18,19)20/h1-7,15H,14H2,(H,18,19,20). The summed E-state index contributed by atoms with van der Waals surface area (Å²) >= 11 is 5.78. The van der Waals surface area contributed by atoms with Crippen molar-refractivity contribution in [2.75, 3.05) is 10.5 Å². The van der Waals surface area contributed by atoms with Gasteiger partial charge in [-0.15, -0.1) is 0 Å². The van der Waals surface area contributed by atoms with Gasteiger partial charge in [0.05, 0.1) is 20.5 Å². The molecule has 0 saturated carbocycles. The third-order valence-electron chi connectivity index (χ3n) is 2.69. The predicted molar refractivity (Wildman–Crippen MR) is 82.9 cm³/mol. The average Bonchev–Trinajstić information content (AvgIpc) is 2.41. The third kappa shape index (κ3) is 3.69. The molecular weight excluding hydrogens is 352 g/mol. The topological polar surface area (TPSA) is 127 Å². The quantitative estimate of drug-likeness (QED) is 0.563. The van der Waals surface area contributed by atoms with Crippen LogP contribution in [0.3, 0.4) is 0 Å². The minimum Gasteiger partial charge on any atom is -0.398 e. The molecule has 0 spiro atoms. The fourth-order valence-electron chi connectivity index (χ4n) is 1.58. The molecule has 0 radical (unpaired) electrons. The van der Waals surface area contributed by atoms with Gasteiger partial charge in [-0.05, 0) is 42.5 Å². The van der Waals surface area contributed by atoms with Gasteiger partial charge in [0.25, 0.3) is 20.1 Å². The van der Waals surface area contributed by atoms with E-state index in [0.29, 0.717) is 0 Å². The summed E-state index contributed by atoms with van der Waals surface area (Å²) in [5, 5.41) is 0.101. The predicted octanol–water partition coefficient (Wildman–Crippen LogP) is 1.97. The molecule has 0 aliphatic carbocycles. The van der Waals surface area contributed by atoms with Crippen molar-refractivity contribution in [3.05, 3.63) is 47.5 Å². The second-order valence-electron chi connectivity index (χ2n) is 4.29. The SMILES string of the molecule is Nc1ccc(S(=O)(=O)Nc2ccc(S(=O)(=O)O)cc2)cc1Cl. The normalized spacial score (nSPS) is 12.1. The molecule has 118 valence electrons. The lowest BCUT2D eigenvalue weighted by Gasteiger charge is -2.09. The number of benzene rings is 2. The lowest BCUT2D eigenvalue weighted by Crippen LogP contribution is -2.13. The van der Waals surface area contributed by atoms with E-state index in [0.717, 1.165) is 12.1 Å². The van der Waals surface area contributed by atoms with Crippen molar-refractivity contribution in [1.29, 1.82) is 0 Å². The molecule has 22 heavy (non-hydrogen) atoms. The summed E-state index contributed by atoms with van der Waals surface area (Å²) in [6, 6.07) is 8.41. The van der Waals surface area contributed by atoms with Crippen LogP contribution in [0.5, 0.6) is 0 Å². The van der Waals surface area contributed by atoms with Gasteiger partial charge in [0.15, 0.2) is 0 Å². The van der Waals surface area contributed by atoms with Gasteiger partial charge in [-0.25, -0.2) is 8.42 Å². The summed E-state index contributed by atoms with van der Waals surface area (Å²) in [6.45, 7) is 0. The second kappa shape index (κ2) is 5.76. The van der Waals surface area contributed by atoms with Crippen LogP contribution in [0.2, 0.25) is 5.02 Å². The highest BCUT2D eigenvalue weighted by Crippen LogP contribution is 2.24. The van der Waals surface area contributed by atoms with Gasteiger partial charge in [-0.1, -0.05) is 11.6 Å². The Bertz CT molecular complexity index is 909. The van der Waals surface area contributed by atoms with E-state index in [1.165, 1.54) is 30.3 Å². The Morgan fingerprint density at radius 2 is 1.50 bits per heavy atom. The van der Waals surface area contributed by atoms with Crippen molar-refractivity contribution in [3.8, 4) is 0 Å². The molecule has 0 bridgehead atoms. The van der Waals surface area contributed by atoms with Crippen molar-refractivity contribution in [1.82, 2.24) is 0 Å². The van der Waals surface area contributed by atoms with Crippen LogP contribution >= 0.6 is 11.6 Å². The van der Waals surface area contributed by atoms with Crippen molar-refractivity contribution < 1.29 is 21.4 Å². The van der Waals surface area contributed by atoms with Crippen LogP contribution in [-0.4, -0.2) is 21.4 Å². The Hall–Kier alpha value is -1.81. The minimum absolute atomic E-state index is 0.0921. The number of hydrogen-bond donors (Lipinski definition) is 3. The van der Waals surface area contributed by atoms with Crippen LogP contribution in [0.25, 0.3) is 0 Å². The summed E-state index contributed by atoms with van der Waals surface area (Å²) < 4.78 is 57.3. The number of nitrogens with one attached hydrogen (secondary N) is 1. The lowest BCUT2D eigenvalue weighted by molar-refractivity contribution is 0.483. The molecule has 0 atom stereocenters. The lowest BCUT2D eigenvalue weighted by atomic mass is 10.3. The molecular formula is C12H11ClN2O5S2. The van der Waals surface area contributed by atoms with Gasteiger partial charge in [0.2, 0.25) is 0 Å². The van der Waals surface area contributed by atoms with Gasteiger partial charge < -0.3 is 5.73 Å². The van der Waals surface area contributed by atoms with Crippen molar-refractivity contribution >= 4 is 43.1 Å². The molecule has 0 heterocycles. The summed E-state index contributed by atoms with van der Waals surface area (Å²) in [5.41, 5.74) is 5.89. The number of rotatable bonds is 4. The monoisotopic (exact) mass is 362 g/mol. The number of sulfonamides is 1. The minimum atomic E-state index is -4.33. The first-order valence-electron chi connectivity index (χ1n) is 5.75. The summed E-state index contributed by atoms with van der Waals surface area (Å²) in [4.78, 5) is -0.434. The van der Waals surface area contributed by atoms with Crippen molar-refractivity contribution in [2.45, 2.75) is 9.79 Å². The van der Waals surface area contributed by atoms with E-state index in [9.17, 15) is 16.8 Å². The van der Waals surface area contributed by atoms with Crippen molar-refractivity contribution in [2.24, 2.45) is 0 Å². The fourth-order valence-corrected chi connectivity index (χ4v) is 3.39. The summed E-state index contributed by atoms with van der Waals surface area (Å²) in [7, 11) is -8.24. The molecule has 0 aliphatic rings. The zero-order valence-corrected chi connectivity index (χ0v) is 13.3. The van der Waals surface area contributed by atoms with Gasteiger partial charge >= 0.3 is 0 Å². The number of halogens is 1. The number of nitrogen functional groups attached to an aromatic ring is 1. The molecule has 7 nitrogen and oxygen atoms in total. The van der Waals surface area contributed by atoms with Crippen LogP contribution in [0.15, 0.2) is 52.3 Å². The molecule has 0 aromatic heterocycles. The largest absolute Gasteiger partial charge is 0.398 e. The first-order valence-corrected chi connectivity index (χ1v) is 9.05. The first kappa shape index (κ1) is 16.6. The highest BCUT2D eigenvalue weighted by molar-refractivity contribution is 7.92. The van der Waals surface area contributed by atoms with Gasteiger partial charge in [0.1, 0.15) is 0 Å². The zero-order chi connectivity index (χ0) is 16.5. The first-order chi connectivity index (χ1) is 10.1. The Morgan fingerprint density at radius 1 is 0.955 bits per heavy atom. The molecule has 0 fully saturated rings. The zero-order valence-electron chi connectivity index (χ0n) is 10.9. The fraction of sp³-hybridized carbons (Fsp3) is 0. The van der Waals surface area contributed by atoms with Crippen LogP contribution < -0.4 is 10.5 Å². The van der Waals surface area contributed by atoms with Gasteiger partial charge in [-0.2, -0.15) is 8.42 Å². The summed E-state index contributed by atoms with van der Waals surface area (Å²) in [5.74, 6) is 0. The molecule has 0 saturated heterocycles. The van der Waals surface area contributed by atoms with Crippen LogP contribution in [0.4, 0.5) is 11.4 Å². The third-order valence-corrected chi connectivity index (χ3v) is 5.26. The molecule has 2 aromatic rings. The number of anilines is 2. The Kier molecular flexibility index (Phi) is 4.34. The van der Waals surface area contributed by atoms with E-state index in [1.807, 2.05) is 0 Å². The molecule has 0 aliphatic heterocycles. The maximum atomic E-state index is 12.2. The van der Waals surface area contributed by atoms with E-state index >= 15 is 0 Å².